The van der Waals surface area contributed by atoms with Crippen molar-refractivity contribution in [1.82, 2.24) is 9.80 Å². The molecule has 4 atom stereocenters. The van der Waals surface area contributed by atoms with Crippen LogP contribution >= 0.6 is 23.5 Å². The third kappa shape index (κ3) is 37.9. The second-order valence-corrected chi connectivity index (χ2v) is 19.4. The van der Waals surface area contributed by atoms with Crippen molar-refractivity contribution < 1.29 is 39.5 Å². The van der Waals surface area contributed by atoms with E-state index in [0.29, 0.717) is 75.7 Å². The average Bonchev–Trinajstić information content (AvgIpc) is 3.23. The Morgan fingerprint density at radius 2 is 0.967 bits per heavy atom. The average molecular weight is 893 g/mol. The Balaban J connectivity index is 4.94. The highest BCUT2D eigenvalue weighted by molar-refractivity contribution is 8.00. The first kappa shape index (κ1) is 59.4. The van der Waals surface area contributed by atoms with E-state index in [4.69, 9.17) is 9.47 Å². The van der Waals surface area contributed by atoms with Crippen LogP contribution in [0.4, 0.5) is 0 Å². The van der Waals surface area contributed by atoms with Gasteiger partial charge < -0.3 is 29.9 Å². The number of hydrogen-bond donors (Lipinski definition) is 4. The highest BCUT2D eigenvalue weighted by Gasteiger charge is 2.21. The van der Waals surface area contributed by atoms with Gasteiger partial charge in [0.2, 0.25) is 0 Å². The van der Waals surface area contributed by atoms with Crippen molar-refractivity contribution in [3.8, 4) is 0 Å². The molecule has 60 heavy (non-hydrogen) atoms. The number of ether oxygens (including phenoxy) is 2. The maximum Gasteiger partial charge on any atom is 0.315 e. The molecular weight excluding hydrogens is 797 g/mol. The predicted molar refractivity (Wildman–Crippen MR) is 256 cm³/mol. The summed E-state index contributed by atoms with van der Waals surface area (Å²) in [4.78, 5) is 29.8. The van der Waals surface area contributed by atoms with E-state index in [0.717, 1.165) is 44.9 Å². The van der Waals surface area contributed by atoms with Crippen LogP contribution in [0.1, 0.15) is 182 Å². The fraction of sp³-hybridized carbons (Fsp3) is 0.958. The molecule has 0 aliphatic carbocycles. The summed E-state index contributed by atoms with van der Waals surface area (Å²) in [6.07, 6.45) is 27.0. The molecule has 0 amide bonds. The fourth-order valence-electron chi connectivity index (χ4n) is 7.68. The molecule has 0 fully saturated rings. The second kappa shape index (κ2) is 45.0. The lowest BCUT2D eigenvalue weighted by Crippen LogP contribution is -2.44. The van der Waals surface area contributed by atoms with Crippen LogP contribution in [-0.2, 0) is 19.1 Å². The molecule has 0 radical (unpaired) electrons. The minimum atomic E-state index is -0.712. The summed E-state index contributed by atoms with van der Waals surface area (Å²) in [7, 11) is 0. The van der Waals surface area contributed by atoms with Crippen LogP contribution in [0.25, 0.3) is 0 Å². The molecule has 0 saturated carbocycles. The Morgan fingerprint density at radius 1 is 0.533 bits per heavy atom. The normalized spacial score (nSPS) is 13.8. The fourth-order valence-corrected chi connectivity index (χ4v) is 9.17. The van der Waals surface area contributed by atoms with Crippen molar-refractivity contribution in [2.75, 3.05) is 88.7 Å². The number of nitrogens with zero attached hydrogens (tertiary/aromatic N) is 2. The van der Waals surface area contributed by atoms with E-state index >= 15 is 0 Å². The molecule has 0 rings (SSSR count). The van der Waals surface area contributed by atoms with Gasteiger partial charge >= 0.3 is 11.9 Å². The lowest BCUT2D eigenvalue weighted by molar-refractivity contribution is -0.148. The molecule has 0 aromatic carbocycles. The zero-order valence-electron chi connectivity index (χ0n) is 39.3. The molecule has 12 heteroatoms. The number of aliphatic hydroxyl groups is 4. The molecule has 4 N–H and O–H groups in total. The molecule has 10 nitrogen and oxygen atoms in total. The third-order valence-corrected chi connectivity index (χ3v) is 13.5. The lowest BCUT2D eigenvalue weighted by atomic mass is 9.94. The molecule has 0 aliphatic heterocycles. The number of thioether (sulfide) groups is 2. The van der Waals surface area contributed by atoms with Gasteiger partial charge in [-0.2, -0.15) is 11.8 Å². The van der Waals surface area contributed by atoms with Crippen molar-refractivity contribution >= 4 is 35.5 Å². The second-order valence-electron chi connectivity index (χ2n) is 17.2. The molecule has 0 aromatic heterocycles. The number of esters is 2. The number of rotatable bonds is 47. The molecule has 0 saturated heterocycles. The topological polar surface area (TPSA) is 140 Å². The first-order valence-corrected chi connectivity index (χ1v) is 27.0. The van der Waals surface area contributed by atoms with E-state index in [9.17, 15) is 30.0 Å². The largest absolute Gasteiger partial charge is 0.465 e. The van der Waals surface area contributed by atoms with E-state index < -0.39 is 12.2 Å². The Morgan fingerprint density at radius 3 is 1.47 bits per heavy atom. The summed E-state index contributed by atoms with van der Waals surface area (Å²) in [5.41, 5.74) is 0. The summed E-state index contributed by atoms with van der Waals surface area (Å²) >= 11 is 2.94. The first-order valence-electron chi connectivity index (χ1n) is 24.7. The van der Waals surface area contributed by atoms with Crippen molar-refractivity contribution in [2.24, 2.45) is 11.8 Å². The van der Waals surface area contributed by atoms with E-state index in [1.165, 1.54) is 121 Å². The van der Waals surface area contributed by atoms with Gasteiger partial charge in [-0.25, -0.2) is 0 Å². The number of aliphatic hydroxyl groups excluding tert-OH is 4. The van der Waals surface area contributed by atoms with Gasteiger partial charge in [0.05, 0.1) is 43.7 Å². The van der Waals surface area contributed by atoms with E-state index in [2.05, 4.69) is 27.7 Å². The van der Waals surface area contributed by atoms with Crippen LogP contribution in [0.15, 0.2) is 0 Å². The summed E-state index contributed by atoms with van der Waals surface area (Å²) in [5, 5.41) is 41.1. The summed E-state index contributed by atoms with van der Waals surface area (Å²) in [5.74, 6) is 1.72. The van der Waals surface area contributed by atoms with Crippen molar-refractivity contribution in [3.63, 3.8) is 0 Å². The smallest absolute Gasteiger partial charge is 0.315 e. The highest BCUT2D eigenvalue weighted by atomic mass is 32.2. The monoisotopic (exact) mass is 893 g/mol. The van der Waals surface area contributed by atoms with E-state index in [1.807, 2.05) is 9.80 Å². The van der Waals surface area contributed by atoms with Crippen LogP contribution in [-0.4, -0.2) is 143 Å². The van der Waals surface area contributed by atoms with E-state index in [1.54, 1.807) is 11.8 Å². The molecule has 0 aromatic rings. The number of hydrogen-bond acceptors (Lipinski definition) is 12. The predicted octanol–water partition coefficient (Wildman–Crippen LogP) is 9.52. The Kier molecular flexibility index (Phi) is 44.5. The number of carbonyl (C=O) groups is 2. The first-order chi connectivity index (χ1) is 29.2. The van der Waals surface area contributed by atoms with Crippen LogP contribution in [0.2, 0.25) is 0 Å². The summed E-state index contributed by atoms with van der Waals surface area (Å²) in [6.45, 7) is 12.3. The van der Waals surface area contributed by atoms with Gasteiger partial charge in [-0.05, 0) is 31.6 Å². The third-order valence-electron chi connectivity index (χ3n) is 11.4. The molecule has 4 unspecified atom stereocenters. The minimum Gasteiger partial charge on any atom is -0.465 e. The van der Waals surface area contributed by atoms with Gasteiger partial charge in [0.15, 0.2) is 0 Å². The highest BCUT2D eigenvalue weighted by Crippen LogP contribution is 2.22. The molecule has 358 valence electrons. The van der Waals surface area contributed by atoms with E-state index in [-0.39, 0.29) is 36.8 Å². The van der Waals surface area contributed by atoms with Crippen molar-refractivity contribution in [2.45, 2.75) is 194 Å². The zero-order chi connectivity index (χ0) is 44.3. The number of unbranched alkanes of at least 4 members (excludes halogenated alkanes) is 16. The van der Waals surface area contributed by atoms with Crippen molar-refractivity contribution in [3.05, 3.63) is 0 Å². The lowest BCUT2D eigenvalue weighted by Gasteiger charge is -2.30. The van der Waals surface area contributed by atoms with Gasteiger partial charge in [-0.1, -0.05) is 156 Å². The maximum atomic E-state index is 13.1. The van der Waals surface area contributed by atoms with Crippen molar-refractivity contribution in [1.29, 1.82) is 0 Å². The maximum absolute atomic E-state index is 13.1. The van der Waals surface area contributed by atoms with Crippen LogP contribution in [0.5, 0.6) is 0 Å². The molecule has 0 heterocycles. The molecule has 0 aliphatic rings. The molecule has 0 bridgehead atoms. The minimum absolute atomic E-state index is 0.0174. The quantitative estimate of drug-likeness (QED) is 0.0342. The SMILES string of the molecule is CCCCCCCCC(CCCCCC)COC(=O)CSCC(O)CN(CCN(CCO)CCO)CC(O)CSCCOC(=O)C(CCCCCC)CCCCCCCC. The van der Waals surface area contributed by atoms with Gasteiger partial charge in [0.25, 0.3) is 0 Å². The Bertz CT molecular complexity index is 933. The standard InChI is InChI=1S/C48H96N2O8S2/c1-5-9-13-17-19-22-26-43(25-21-15-11-7-3)39-58-47(55)42-60-41-46(54)38-50(30-29-49(31-33-51)32-34-52)37-45(53)40-59-36-35-57-48(56)44(27-23-16-12-8-4)28-24-20-18-14-10-6-2/h43-46,51-54H,5-42H2,1-4H3. The van der Waals surface area contributed by atoms with Gasteiger partial charge in [-0.3, -0.25) is 19.4 Å². The van der Waals surface area contributed by atoms with Crippen LogP contribution < -0.4 is 0 Å². The van der Waals surface area contributed by atoms with Crippen LogP contribution in [0, 0.1) is 11.8 Å². The van der Waals surface area contributed by atoms with Gasteiger partial charge in [0.1, 0.15) is 6.61 Å². The summed E-state index contributed by atoms with van der Waals surface area (Å²) in [6, 6.07) is 0. The van der Waals surface area contributed by atoms with Gasteiger partial charge in [0, 0.05) is 56.5 Å². The Labute approximate surface area is 377 Å². The zero-order valence-corrected chi connectivity index (χ0v) is 40.9. The van der Waals surface area contributed by atoms with Crippen LogP contribution in [0.3, 0.4) is 0 Å². The molecule has 0 spiro atoms. The number of carbonyl (C=O) groups excluding carboxylic acids is 2. The van der Waals surface area contributed by atoms with Gasteiger partial charge in [-0.15, -0.1) is 11.8 Å². The Hall–Kier alpha value is -0.600. The summed E-state index contributed by atoms with van der Waals surface area (Å²) < 4.78 is 11.5. The molecular formula is C48H96N2O8S2.